The maximum absolute atomic E-state index is 13.4. The number of ketones is 1. The molecule has 0 saturated carbocycles. The van der Waals surface area contributed by atoms with Crippen LogP contribution in [0.1, 0.15) is 54.5 Å². The Labute approximate surface area is 199 Å². The van der Waals surface area contributed by atoms with Gasteiger partial charge in [-0.25, -0.2) is 13.9 Å². The van der Waals surface area contributed by atoms with Gasteiger partial charge in [0, 0.05) is 28.2 Å². The minimum absolute atomic E-state index is 0.0819. The Balaban J connectivity index is 1.93. The topological polar surface area (TPSA) is 107 Å². The number of rotatable bonds is 6. The lowest BCUT2D eigenvalue weighted by atomic mass is 10.1. The Hall–Kier alpha value is -3.72. The molecule has 2 heterocycles. The highest BCUT2D eigenvalue weighted by Crippen LogP contribution is 2.17. The third-order valence-corrected chi connectivity index (χ3v) is 5.64. The summed E-state index contributed by atoms with van der Waals surface area (Å²) in [5.41, 5.74) is 0.0179. The summed E-state index contributed by atoms with van der Waals surface area (Å²) < 4.78 is 3.71. The summed E-state index contributed by atoms with van der Waals surface area (Å²) in [4.78, 5) is 52.0. The van der Waals surface area contributed by atoms with E-state index in [1.165, 1.54) is 21.1 Å². The molecule has 4 rings (SSSR count). The van der Waals surface area contributed by atoms with Crippen molar-refractivity contribution in [2.45, 2.75) is 46.3 Å². The average molecular weight is 482 g/mol. The second kappa shape index (κ2) is 8.90. The van der Waals surface area contributed by atoms with Gasteiger partial charge >= 0.3 is 5.69 Å². The van der Waals surface area contributed by atoms with E-state index in [2.05, 4.69) is 10.4 Å². The molecule has 0 aliphatic carbocycles. The van der Waals surface area contributed by atoms with Crippen LogP contribution in [0.15, 0.2) is 52.1 Å². The number of benzene rings is 2. The Morgan fingerprint density at radius 1 is 1.00 bits per heavy atom. The van der Waals surface area contributed by atoms with E-state index in [0.29, 0.717) is 16.1 Å². The maximum atomic E-state index is 13.4. The predicted octanol–water partition coefficient (Wildman–Crippen LogP) is 3.07. The largest absolute Gasteiger partial charge is 0.352 e. The van der Waals surface area contributed by atoms with Gasteiger partial charge in [0.2, 0.25) is 5.78 Å². The first-order valence-corrected chi connectivity index (χ1v) is 11.2. The summed E-state index contributed by atoms with van der Waals surface area (Å²) in [6.07, 6.45) is 0. The van der Waals surface area contributed by atoms with Crippen molar-refractivity contribution in [1.82, 2.24) is 24.1 Å². The summed E-state index contributed by atoms with van der Waals surface area (Å²) in [5.74, 6) is -0.554. The molecular weight excluding hydrogens is 458 g/mol. The SMILES string of the molecule is CC(C)NC(=O)c1ccc2c(=O)n(C(C)C)c3nn(CC(=O)c4ccc(Cl)cc4)c(=O)n3c2c1. The molecule has 9 nitrogen and oxygen atoms in total. The third kappa shape index (κ3) is 4.14. The smallest absolute Gasteiger partial charge is 0.350 e. The molecule has 2 aromatic heterocycles. The second-order valence-corrected chi connectivity index (χ2v) is 9.07. The monoisotopic (exact) mass is 481 g/mol. The normalized spacial score (nSPS) is 11.6. The van der Waals surface area contributed by atoms with Gasteiger partial charge < -0.3 is 5.32 Å². The minimum Gasteiger partial charge on any atom is -0.350 e. The highest BCUT2D eigenvalue weighted by atomic mass is 35.5. The van der Waals surface area contributed by atoms with E-state index >= 15 is 0 Å². The van der Waals surface area contributed by atoms with E-state index in [1.807, 2.05) is 13.8 Å². The number of nitrogens with zero attached hydrogens (tertiary/aromatic N) is 4. The number of carbonyl (C=O) groups excluding carboxylic acids is 2. The van der Waals surface area contributed by atoms with E-state index in [9.17, 15) is 19.2 Å². The second-order valence-electron chi connectivity index (χ2n) is 8.63. The molecule has 0 fully saturated rings. The van der Waals surface area contributed by atoms with E-state index < -0.39 is 5.69 Å². The van der Waals surface area contributed by atoms with Gasteiger partial charge in [-0.15, -0.1) is 5.10 Å². The van der Waals surface area contributed by atoms with Crippen LogP contribution < -0.4 is 16.6 Å². The van der Waals surface area contributed by atoms with Crippen molar-refractivity contribution in [2.75, 3.05) is 0 Å². The number of hydrogen-bond donors (Lipinski definition) is 1. The molecule has 0 aliphatic heterocycles. The first-order chi connectivity index (χ1) is 16.1. The van der Waals surface area contributed by atoms with Crippen molar-refractivity contribution < 1.29 is 9.59 Å². The Morgan fingerprint density at radius 2 is 1.65 bits per heavy atom. The Bertz CT molecular complexity index is 1540. The van der Waals surface area contributed by atoms with Crippen LogP contribution in [0.3, 0.4) is 0 Å². The first-order valence-electron chi connectivity index (χ1n) is 10.9. The van der Waals surface area contributed by atoms with Crippen LogP contribution in [0.25, 0.3) is 16.7 Å². The lowest BCUT2D eigenvalue weighted by Crippen LogP contribution is -2.31. The van der Waals surface area contributed by atoms with Crippen LogP contribution >= 0.6 is 11.6 Å². The summed E-state index contributed by atoms with van der Waals surface area (Å²) in [5, 5.41) is 7.90. The van der Waals surface area contributed by atoms with Crippen molar-refractivity contribution in [1.29, 1.82) is 0 Å². The molecule has 0 saturated heterocycles. The van der Waals surface area contributed by atoms with Crippen molar-refractivity contribution in [3.05, 3.63) is 79.5 Å². The molecule has 0 bridgehead atoms. The number of aromatic nitrogens is 4. The number of halogens is 1. The molecule has 1 amide bonds. The Kier molecular flexibility index (Phi) is 6.14. The van der Waals surface area contributed by atoms with Crippen molar-refractivity contribution in [3.8, 4) is 0 Å². The number of fused-ring (bicyclic) bond motifs is 3. The molecule has 34 heavy (non-hydrogen) atoms. The molecule has 1 N–H and O–H groups in total. The van der Waals surface area contributed by atoms with Gasteiger partial charge in [0.15, 0.2) is 5.78 Å². The van der Waals surface area contributed by atoms with Crippen molar-refractivity contribution >= 4 is 40.0 Å². The zero-order valence-corrected chi connectivity index (χ0v) is 20.0. The van der Waals surface area contributed by atoms with Crippen molar-refractivity contribution in [2.24, 2.45) is 0 Å². The van der Waals surface area contributed by atoms with Gasteiger partial charge in [0.25, 0.3) is 11.5 Å². The van der Waals surface area contributed by atoms with Crippen LogP contribution in [0, 0.1) is 0 Å². The summed E-state index contributed by atoms with van der Waals surface area (Å²) in [7, 11) is 0. The summed E-state index contributed by atoms with van der Waals surface area (Å²) in [6.45, 7) is 6.97. The lowest BCUT2D eigenvalue weighted by Gasteiger charge is -2.13. The molecule has 0 unspecified atom stereocenters. The number of amides is 1. The van der Waals surface area contributed by atoms with E-state index in [1.54, 1.807) is 44.2 Å². The molecule has 0 radical (unpaired) electrons. The molecule has 0 spiro atoms. The fourth-order valence-corrected chi connectivity index (χ4v) is 3.93. The Morgan fingerprint density at radius 3 is 2.26 bits per heavy atom. The average Bonchev–Trinajstić information content (AvgIpc) is 3.08. The number of nitrogens with one attached hydrogen (secondary N) is 1. The quantitative estimate of drug-likeness (QED) is 0.426. The van der Waals surface area contributed by atoms with Gasteiger partial charge in [-0.05, 0) is 70.2 Å². The highest BCUT2D eigenvalue weighted by molar-refractivity contribution is 6.30. The number of hydrogen-bond acceptors (Lipinski definition) is 5. The van der Waals surface area contributed by atoms with Gasteiger partial charge in [-0.2, -0.15) is 0 Å². The molecule has 10 heteroatoms. The van der Waals surface area contributed by atoms with Crippen LogP contribution in [0.4, 0.5) is 0 Å². The van der Waals surface area contributed by atoms with Crippen LogP contribution in [-0.2, 0) is 6.54 Å². The molecule has 0 aliphatic rings. The van der Waals surface area contributed by atoms with Gasteiger partial charge in [-0.3, -0.25) is 19.0 Å². The number of Topliss-reactive ketones (excluding diaryl/α,β-unsaturated/α-hetero) is 1. The maximum Gasteiger partial charge on any atom is 0.352 e. The molecule has 2 aromatic carbocycles. The van der Waals surface area contributed by atoms with Gasteiger partial charge in [0.1, 0.15) is 6.54 Å². The molecule has 4 aromatic rings. The minimum atomic E-state index is -0.585. The summed E-state index contributed by atoms with van der Waals surface area (Å²) in [6, 6.07) is 10.5. The van der Waals surface area contributed by atoms with Crippen LogP contribution in [-0.4, -0.2) is 36.5 Å². The molecule has 176 valence electrons. The van der Waals surface area contributed by atoms with Crippen LogP contribution in [0.2, 0.25) is 5.02 Å². The van der Waals surface area contributed by atoms with E-state index in [4.69, 9.17) is 11.6 Å². The number of carbonyl (C=O) groups is 2. The lowest BCUT2D eigenvalue weighted by molar-refractivity contribution is 0.0940. The zero-order valence-electron chi connectivity index (χ0n) is 19.2. The van der Waals surface area contributed by atoms with E-state index in [0.717, 1.165) is 4.68 Å². The third-order valence-electron chi connectivity index (χ3n) is 5.38. The van der Waals surface area contributed by atoms with Crippen molar-refractivity contribution in [3.63, 3.8) is 0 Å². The standard InChI is InChI=1S/C24H24ClN5O4/c1-13(2)26-21(32)16-7-10-18-19(11-16)30-23(29(14(3)4)22(18)33)27-28(24(30)34)12-20(31)15-5-8-17(25)9-6-15/h5-11,13-14H,12H2,1-4H3,(H,26,32). The zero-order chi connectivity index (χ0) is 24.7. The van der Waals surface area contributed by atoms with Crippen LogP contribution in [0.5, 0.6) is 0 Å². The fourth-order valence-electron chi connectivity index (χ4n) is 3.80. The molecular formula is C24H24ClN5O4. The first kappa shape index (κ1) is 23.4. The fraction of sp³-hybridized carbons (Fsp3) is 0.292. The highest BCUT2D eigenvalue weighted by Gasteiger charge is 2.21. The van der Waals surface area contributed by atoms with Gasteiger partial charge in [0.05, 0.1) is 10.9 Å². The summed E-state index contributed by atoms with van der Waals surface area (Å²) >= 11 is 5.89. The predicted molar refractivity (Wildman–Crippen MR) is 130 cm³/mol. The van der Waals surface area contributed by atoms with E-state index in [-0.39, 0.29) is 52.6 Å². The van der Waals surface area contributed by atoms with Gasteiger partial charge in [-0.1, -0.05) is 11.6 Å². The molecule has 0 atom stereocenters.